The number of carbonyl (C=O) groups is 1. The first-order valence-electron chi connectivity index (χ1n) is 6.02. The minimum Gasteiger partial charge on any atom is -0.395 e. The third-order valence-corrected chi connectivity index (χ3v) is 3.88. The fraction of sp³-hybridized carbons (Fsp3) is 0.667. The van der Waals surface area contributed by atoms with Gasteiger partial charge in [-0.15, -0.1) is 0 Å². The van der Waals surface area contributed by atoms with Crippen molar-refractivity contribution in [2.45, 2.75) is 33.4 Å². The van der Waals surface area contributed by atoms with Crippen LogP contribution in [0.3, 0.4) is 0 Å². The van der Waals surface area contributed by atoms with Gasteiger partial charge in [0.25, 0.3) is 5.91 Å². The molecule has 2 N–H and O–H groups in total. The summed E-state index contributed by atoms with van der Waals surface area (Å²) >= 11 is 1.72. The van der Waals surface area contributed by atoms with Crippen molar-refractivity contribution in [2.75, 3.05) is 24.8 Å². The molecule has 0 saturated carbocycles. The van der Waals surface area contributed by atoms with Crippen LogP contribution in [0.2, 0.25) is 0 Å². The van der Waals surface area contributed by atoms with Crippen molar-refractivity contribution in [2.24, 2.45) is 0 Å². The van der Waals surface area contributed by atoms with Crippen molar-refractivity contribution in [3.63, 3.8) is 0 Å². The van der Waals surface area contributed by atoms with Crippen LogP contribution in [0.4, 0.5) is 5.69 Å². The molecule has 1 atom stereocenters. The summed E-state index contributed by atoms with van der Waals surface area (Å²) in [7, 11) is 1.81. The normalized spacial score (nSPS) is 12.5. The Morgan fingerprint density at radius 3 is 2.72 bits per heavy atom. The molecule has 0 radical (unpaired) electrons. The lowest BCUT2D eigenvalue weighted by Crippen LogP contribution is -2.38. The predicted molar refractivity (Wildman–Crippen MR) is 77.0 cm³/mol. The van der Waals surface area contributed by atoms with Crippen molar-refractivity contribution in [3.05, 3.63) is 11.4 Å². The van der Waals surface area contributed by atoms with E-state index in [0.717, 1.165) is 5.75 Å². The Balaban J connectivity index is 3.03. The number of hydrogen-bond acceptors (Lipinski definition) is 4. The first-order valence-corrected chi connectivity index (χ1v) is 7.42. The van der Waals surface area contributed by atoms with E-state index >= 15 is 0 Å². The predicted octanol–water partition coefficient (Wildman–Crippen LogP) is 1.62. The Kier molecular flexibility index (Phi) is 5.07. The third kappa shape index (κ3) is 2.80. The fourth-order valence-corrected chi connectivity index (χ4v) is 2.48. The standard InChI is InChI=1S/C12H22N4OS/c1-6-16-11(10(13)9(3)14-16)12(17)15(4)8(2)7-18-5/h8H,6-7,13H2,1-5H3. The van der Waals surface area contributed by atoms with Gasteiger partial charge in [0.15, 0.2) is 0 Å². The quantitative estimate of drug-likeness (QED) is 0.883. The second-order valence-corrected chi connectivity index (χ2v) is 5.29. The molecular weight excluding hydrogens is 248 g/mol. The van der Waals surface area contributed by atoms with E-state index in [-0.39, 0.29) is 11.9 Å². The van der Waals surface area contributed by atoms with E-state index in [1.165, 1.54) is 0 Å². The number of anilines is 1. The maximum Gasteiger partial charge on any atom is 0.274 e. The largest absolute Gasteiger partial charge is 0.395 e. The van der Waals surface area contributed by atoms with Gasteiger partial charge in [-0.3, -0.25) is 9.48 Å². The van der Waals surface area contributed by atoms with Gasteiger partial charge in [-0.1, -0.05) is 0 Å². The average Bonchev–Trinajstić information content (AvgIpc) is 2.63. The van der Waals surface area contributed by atoms with Gasteiger partial charge in [-0.25, -0.2) is 0 Å². The zero-order valence-corrected chi connectivity index (χ0v) is 12.5. The number of nitrogens with two attached hydrogens (primary N) is 1. The number of aromatic nitrogens is 2. The van der Waals surface area contributed by atoms with Crippen molar-refractivity contribution in [3.8, 4) is 0 Å². The van der Waals surface area contributed by atoms with E-state index in [0.29, 0.717) is 23.6 Å². The molecule has 1 rings (SSSR count). The number of nitrogens with zero attached hydrogens (tertiary/aromatic N) is 3. The first-order chi connectivity index (χ1) is 8.43. The lowest BCUT2D eigenvalue weighted by molar-refractivity contribution is 0.0746. The van der Waals surface area contributed by atoms with Crippen LogP contribution in [-0.2, 0) is 6.54 Å². The molecule has 1 heterocycles. The number of rotatable bonds is 5. The Bertz CT molecular complexity index is 430. The number of thioether (sulfide) groups is 1. The lowest BCUT2D eigenvalue weighted by Gasteiger charge is -2.24. The summed E-state index contributed by atoms with van der Waals surface area (Å²) in [6, 6.07) is 0.174. The molecule has 0 aliphatic rings. The molecule has 5 nitrogen and oxygen atoms in total. The monoisotopic (exact) mass is 270 g/mol. The Labute approximate surface area is 113 Å². The average molecular weight is 270 g/mol. The smallest absolute Gasteiger partial charge is 0.274 e. The Morgan fingerprint density at radius 2 is 2.22 bits per heavy atom. The van der Waals surface area contributed by atoms with Gasteiger partial charge in [-0.05, 0) is 27.0 Å². The molecule has 0 spiro atoms. The topological polar surface area (TPSA) is 64.2 Å². The zero-order chi connectivity index (χ0) is 13.9. The van der Waals surface area contributed by atoms with Crippen LogP contribution in [0.15, 0.2) is 0 Å². The molecule has 0 saturated heterocycles. The molecule has 1 amide bonds. The molecule has 0 aromatic carbocycles. The summed E-state index contributed by atoms with van der Waals surface area (Å²) in [5.41, 5.74) is 7.67. The molecule has 1 aromatic heterocycles. The molecule has 0 aliphatic heterocycles. The van der Waals surface area contributed by atoms with Crippen molar-refractivity contribution in [1.29, 1.82) is 0 Å². The molecule has 102 valence electrons. The molecule has 0 bridgehead atoms. The van der Waals surface area contributed by atoms with Crippen molar-refractivity contribution < 1.29 is 4.79 Å². The zero-order valence-electron chi connectivity index (χ0n) is 11.7. The highest BCUT2D eigenvalue weighted by Gasteiger charge is 2.24. The van der Waals surface area contributed by atoms with Gasteiger partial charge in [0.1, 0.15) is 5.69 Å². The number of amides is 1. The van der Waals surface area contributed by atoms with Crippen molar-refractivity contribution >= 4 is 23.4 Å². The minimum atomic E-state index is -0.0588. The van der Waals surface area contributed by atoms with E-state index in [4.69, 9.17) is 5.73 Å². The van der Waals surface area contributed by atoms with E-state index in [1.54, 1.807) is 21.3 Å². The van der Waals surface area contributed by atoms with Gasteiger partial charge in [0.05, 0.1) is 11.4 Å². The molecule has 0 aliphatic carbocycles. The van der Waals surface area contributed by atoms with E-state index in [2.05, 4.69) is 5.10 Å². The Hall–Kier alpha value is -1.17. The van der Waals surface area contributed by atoms with E-state index < -0.39 is 0 Å². The summed E-state index contributed by atoms with van der Waals surface area (Å²) in [5.74, 6) is 0.845. The van der Waals surface area contributed by atoms with Gasteiger partial charge in [-0.2, -0.15) is 16.9 Å². The molecule has 18 heavy (non-hydrogen) atoms. The van der Waals surface area contributed by atoms with Crippen LogP contribution in [0.5, 0.6) is 0 Å². The van der Waals surface area contributed by atoms with Crippen LogP contribution in [0.25, 0.3) is 0 Å². The van der Waals surface area contributed by atoms with Crippen LogP contribution >= 0.6 is 11.8 Å². The summed E-state index contributed by atoms with van der Waals surface area (Å²) in [4.78, 5) is 14.2. The molecular formula is C12H22N4OS. The van der Waals surface area contributed by atoms with Crippen LogP contribution in [0.1, 0.15) is 30.0 Å². The third-order valence-electron chi connectivity index (χ3n) is 3.07. The highest BCUT2D eigenvalue weighted by molar-refractivity contribution is 7.98. The maximum absolute atomic E-state index is 12.5. The summed E-state index contributed by atoms with van der Waals surface area (Å²) in [6.45, 7) is 6.45. The number of aryl methyl sites for hydroxylation is 2. The summed E-state index contributed by atoms with van der Waals surface area (Å²) < 4.78 is 1.68. The summed E-state index contributed by atoms with van der Waals surface area (Å²) in [5, 5.41) is 4.28. The highest BCUT2D eigenvalue weighted by atomic mass is 32.2. The van der Waals surface area contributed by atoms with Gasteiger partial charge < -0.3 is 10.6 Å². The summed E-state index contributed by atoms with van der Waals surface area (Å²) in [6.07, 6.45) is 2.03. The van der Waals surface area contributed by atoms with Crippen LogP contribution < -0.4 is 5.73 Å². The minimum absolute atomic E-state index is 0.0588. The molecule has 1 unspecified atom stereocenters. The maximum atomic E-state index is 12.5. The lowest BCUT2D eigenvalue weighted by atomic mass is 10.2. The Morgan fingerprint density at radius 1 is 1.61 bits per heavy atom. The molecule has 1 aromatic rings. The van der Waals surface area contributed by atoms with Crippen LogP contribution in [-0.4, -0.2) is 45.7 Å². The molecule has 0 fully saturated rings. The SMILES string of the molecule is CCn1nc(C)c(N)c1C(=O)N(C)C(C)CSC. The second-order valence-electron chi connectivity index (χ2n) is 4.38. The van der Waals surface area contributed by atoms with E-state index in [9.17, 15) is 4.79 Å². The van der Waals surface area contributed by atoms with Crippen molar-refractivity contribution in [1.82, 2.24) is 14.7 Å². The first kappa shape index (κ1) is 14.9. The second kappa shape index (κ2) is 6.13. The van der Waals surface area contributed by atoms with Gasteiger partial charge in [0.2, 0.25) is 0 Å². The van der Waals surface area contributed by atoms with E-state index in [1.807, 2.05) is 34.1 Å². The van der Waals surface area contributed by atoms with Gasteiger partial charge in [0, 0.05) is 25.4 Å². The number of carbonyl (C=O) groups excluding carboxylic acids is 1. The van der Waals surface area contributed by atoms with Gasteiger partial charge >= 0.3 is 0 Å². The molecule has 6 heteroatoms. The number of hydrogen-bond donors (Lipinski definition) is 1. The number of nitrogen functional groups attached to an aromatic ring is 1. The van der Waals surface area contributed by atoms with Crippen LogP contribution in [0, 0.1) is 6.92 Å². The fourth-order valence-electron chi connectivity index (χ4n) is 1.77. The highest BCUT2D eigenvalue weighted by Crippen LogP contribution is 2.19.